The lowest BCUT2D eigenvalue weighted by Gasteiger charge is -2.07. The zero-order valence-corrected chi connectivity index (χ0v) is 10.4. The van der Waals surface area contributed by atoms with E-state index in [9.17, 15) is 0 Å². The monoisotopic (exact) mass is 230 g/mol. The summed E-state index contributed by atoms with van der Waals surface area (Å²) in [5, 5.41) is 0. The molecule has 0 heteroatoms. The van der Waals surface area contributed by atoms with Gasteiger partial charge in [0.2, 0.25) is 0 Å². The van der Waals surface area contributed by atoms with E-state index in [1.165, 1.54) is 27.8 Å². The molecule has 0 saturated heterocycles. The van der Waals surface area contributed by atoms with E-state index in [1.54, 1.807) is 0 Å². The number of allylic oxidation sites excluding steroid dienone is 2. The summed E-state index contributed by atoms with van der Waals surface area (Å²) < 4.78 is 0. The maximum atomic E-state index is 5.60. The van der Waals surface area contributed by atoms with Gasteiger partial charge in [0.25, 0.3) is 0 Å². The molecule has 0 bridgehead atoms. The Hall–Kier alpha value is -2.26. The van der Waals surface area contributed by atoms with Crippen molar-refractivity contribution in [2.45, 2.75) is 13.3 Å². The molecule has 2 aromatic rings. The van der Waals surface area contributed by atoms with Gasteiger partial charge in [-0.2, -0.15) is 0 Å². The highest BCUT2D eigenvalue weighted by Crippen LogP contribution is 2.39. The van der Waals surface area contributed by atoms with E-state index in [-0.39, 0.29) is 0 Å². The van der Waals surface area contributed by atoms with Gasteiger partial charge in [-0.1, -0.05) is 54.5 Å². The number of benzene rings is 2. The number of rotatable bonds is 1. The molecular weight excluding hydrogens is 216 g/mol. The molecule has 0 radical (unpaired) electrons. The van der Waals surface area contributed by atoms with Gasteiger partial charge in [-0.3, -0.25) is 0 Å². The van der Waals surface area contributed by atoms with Gasteiger partial charge in [-0.25, -0.2) is 0 Å². The molecule has 0 nitrogen and oxygen atoms in total. The molecule has 0 fully saturated rings. The Kier molecular flexibility index (Phi) is 2.54. The van der Waals surface area contributed by atoms with Gasteiger partial charge >= 0.3 is 0 Å². The molecule has 0 saturated carbocycles. The average molecular weight is 230 g/mol. The first kappa shape index (κ1) is 10.9. The third kappa shape index (κ3) is 1.49. The molecule has 0 heterocycles. The van der Waals surface area contributed by atoms with Crippen LogP contribution in [-0.4, -0.2) is 0 Å². The van der Waals surface area contributed by atoms with Gasteiger partial charge in [0.15, 0.2) is 0 Å². The average Bonchev–Trinajstić information content (AvgIpc) is 2.80. The number of hydrogen-bond donors (Lipinski definition) is 0. The topological polar surface area (TPSA) is 0 Å². The van der Waals surface area contributed by atoms with Gasteiger partial charge in [0, 0.05) is 5.57 Å². The molecule has 0 atom stereocenters. The van der Waals surface area contributed by atoms with E-state index < -0.39 is 0 Å². The van der Waals surface area contributed by atoms with E-state index in [0.717, 1.165) is 12.0 Å². The number of terminal acetylenes is 1. The van der Waals surface area contributed by atoms with Crippen LogP contribution >= 0.6 is 0 Å². The summed E-state index contributed by atoms with van der Waals surface area (Å²) in [6.45, 7) is 2.00. The van der Waals surface area contributed by atoms with Crippen molar-refractivity contribution in [2.24, 2.45) is 0 Å². The van der Waals surface area contributed by atoms with E-state index >= 15 is 0 Å². The van der Waals surface area contributed by atoms with Crippen LogP contribution in [0.4, 0.5) is 0 Å². The highest BCUT2D eigenvalue weighted by Gasteiger charge is 2.20. The predicted octanol–water partition coefficient (Wildman–Crippen LogP) is 4.29. The molecule has 2 aromatic carbocycles. The summed E-state index contributed by atoms with van der Waals surface area (Å²) in [7, 11) is 0. The molecule has 0 aromatic heterocycles. The minimum absolute atomic E-state index is 0.986. The molecule has 86 valence electrons. The summed E-state index contributed by atoms with van der Waals surface area (Å²) >= 11 is 0. The maximum absolute atomic E-state index is 5.60. The molecular formula is C18H14. The lowest BCUT2D eigenvalue weighted by Crippen LogP contribution is -1.90. The van der Waals surface area contributed by atoms with E-state index in [0.29, 0.717) is 0 Å². The van der Waals surface area contributed by atoms with E-state index in [1.807, 2.05) is 13.0 Å². The smallest absolute Gasteiger partial charge is 0.0275 e. The van der Waals surface area contributed by atoms with Crippen molar-refractivity contribution in [1.29, 1.82) is 0 Å². The molecule has 0 N–H and O–H groups in total. The van der Waals surface area contributed by atoms with Crippen molar-refractivity contribution in [3.8, 4) is 23.5 Å². The Morgan fingerprint density at radius 1 is 1.11 bits per heavy atom. The van der Waals surface area contributed by atoms with Crippen molar-refractivity contribution >= 4 is 5.57 Å². The summed E-state index contributed by atoms with van der Waals surface area (Å²) in [4.78, 5) is 0. The Morgan fingerprint density at radius 3 is 2.67 bits per heavy atom. The summed E-state index contributed by atoms with van der Waals surface area (Å²) in [6, 6.07) is 15.0. The largest absolute Gasteiger partial charge is 0.115 e. The lowest BCUT2D eigenvalue weighted by atomic mass is 9.96. The van der Waals surface area contributed by atoms with Crippen molar-refractivity contribution < 1.29 is 0 Å². The van der Waals surface area contributed by atoms with Gasteiger partial charge < -0.3 is 0 Å². The third-order valence-electron chi connectivity index (χ3n) is 3.59. The predicted molar refractivity (Wildman–Crippen MR) is 77.2 cm³/mol. The van der Waals surface area contributed by atoms with E-state index in [2.05, 4.69) is 48.4 Å². The SMILES string of the molecule is C#CC(=CC)c1cccc2c1Cc1ccccc1-2. The van der Waals surface area contributed by atoms with Crippen LogP contribution in [0.2, 0.25) is 0 Å². The fourth-order valence-corrected chi connectivity index (χ4v) is 2.73. The van der Waals surface area contributed by atoms with Crippen molar-refractivity contribution in [3.63, 3.8) is 0 Å². The van der Waals surface area contributed by atoms with Crippen molar-refractivity contribution in [1.82, 2.24) is 0 Å². The Balaban J connectivity index is 2.24. The molecule has 18 heavy (non-hydrogen) atoms. The second kappa shape index (κ2) is 4.20. The van der Waals surface area contributed by atoms with Crippen LogP contribution in [0.25, 0.3) is 16.7 Å². The minimum atomic E-state index is 0.986. The highest BCUT2D eigenvalue weighted by atomic mass is 14.2. The van der Waals surface area contributed by atoms with Crippen molar-refractivity contribution in [3.05, 3.63) is 65.2 Å². The first-order valence-corrected chi connectivity index (χ1v) is 6.18. The van der Waals surface area contributed by atoms with Crippen LogP contribution in [0, 0.1) is 12.3 Å². The van der Waals surface area contributed by atoms with Crippen LogP contribution in [0.3, 0.4) is 0 Å². The van der Waals surface area contributed by atoms with Gasteiger partial charge in [-0.15, -0.1) is 6.42 Å². The first-order valence-electron chi connectivity index (χ1n) is 6.18. The summed E-state index contributed by atoms with van der Waals surface area (Å²) in [6.07, 6.45) is 8.60. The van der Waals surface area contributed by atoms with Crippen LogP contribution in [-0.2, 0) is 6.42 Å². The summed E-state index contributed by atoms with van der Waals surface area (Å²) in [5.41, 5.74) is 7.63. The molecule has 0 unspecified atom stereocenters. The lowest BCUT2D eigenvalue weighted by molar-refractivity contribution is 1.25. The minimum Gasteiger partial charge on any atom is -0.115 e. The maximum Gasteiger partial charge on any atom is 0.0275 e. The number of hydrogen-bond acceptors (Lipinski definition) is 0. The molecule has 0 spiro atoms. The van der Waals surface area contributed by atoms with Crippen molar-refractivity contribution in [2.75, 3.05) is 0 Å². The fourth-order valence-electron chi connectivity index (χ4n) is 2.73. The van der Waals surface area contributed by atoms with Crippen LogP contribution < -0.4 is 0 Å². The second-order valence-electron chi connectivity index (χ2n) is 4.51. The van der Waals surface area contributed by atoms with Gasteiger partial charge in [-0.05, 0) is 41.2 Å². The fraction of sp³-hybridized carbons (Fsp3) is 0.111. The standard InChI is InChI=1S/C18H14/c1-3-13(4-2)15-10-7-11-17-16-9-6-5-8-14(16)12-18(15)17/h1,4-11H,12H2,2H3. The van der Waals surface area contributed by atoms with Crippen LogP contribution in [0.1, 0.15) is 23.6 Å². The van der Waals surface area contributed by atoms with Crippen LogP contribution in [0.5, 0.6) is 0 Å². The summed E-state index contributed by atoms with van der Waals surface area (Å²) in [5.74, 6) is 2.79. The number of fused-ring (bicyclic) bond motifs is 3. The van der Waals surface area contributed by atoms with E-state index in [4.69, 9.17) is 6.42 Å². The quantitative estimate of drug-likeness (QED) is 0.547. The highest BCUT2D eigenvalue weighted by molar-refractivity contribution is 5.87. The normalized spacial score (nSPS) is 12.8. The van der Waals surface area contributed by atoms with Crippen LogP contribution in [0.15, 0.2) is 48.5 Å². The molecule has 1 aliphatic rings. The molecule has 3 rings (SSSR count). The zero-order valence-electron chi connectivity index (χ0n) is 10.4. The third-order valence-corrected chi connectivity index (χ3v) is 3.59. The molecule has 0 amide bonds. The Morgan fingerprint density at radius 2 is 1.89 bits per heavy atom. The Bertz CT molecular complexity index is 681. The van der Waals surface area contributed by atoms with Gasteiger partial charge in [0.1, 0.15) is 0 Å². The Labute approximate surface area is 108 Å². The zero-order chi connectivity index (χ0) is 12.5. The first-order chi connectivity index (χ1) is 8.85. The second-order valence-corrected chi connectivity index (χ2v) is 4.51. The molecule has 0 aliphatic heterocycles. The molecule has 1 aliphatic carbocycles. The van der Waals surface area contributed by atoms with Gasteiger partial charge in [0.05, 0.1) is 0 Å².